The van der Waals surface area contributed by atoms with Crippen molar-refractivity contribution in [1.29, 1.82) is 0 Å². The van der Waals surface area contributed by atoms with Gasteiger partial charge in [0.2, 0.25) is 5.91 Å². The van der Waals surface area contributed by atoms with Crippen molar-refractivity contribution in [3.63, 3.8) is 0 Å². The first-order chi connectivity index (χ1) is 14.9. The first kappa shape index (κ1) is 24.6. The Bertz CT molecular complexity index is 877. The van der Waals surface area contributed by atoms with E-state index in [9.17, 15) is 19.5 Å². The Morgan fingerprint density at radius 1 is 1.06 bits per heavy atom. The molecule has 2 aromatic rings. The Morgan fingerprint density at radius 2 is 1.74 bits per heavy atom. The van der Waals surface area contributed by atoms with Gasteiger partial charge in [-0.3, -0.25) is 4.79 Å². The third kappa shape index (κ3) is 8.93. The Morgan fingerprint density at radius 3 is 2.42 bits per heavy atom. The minimum absolute atomic E-state index is 0.0996. The van der Waals surface area contributed by atoms with Crippen molar-refractivity contribution in [3.8, 4) is 0 Å². The summed E-state index contributed by atoms with van der Waals surface area (Å²) in [7, 11) is 1.25. The zero-order valence-electron chi connectivity index (χ0n) is 17.0. The maximum atomic E-state index is 12.3. The van der Waals surface area contributed by atoms with E-state index < -0.39 is 30.1 Å². The molecule has 0 radical (unpaired) electrons. The minimum atomic E-state index is -1.14. The second-order valence-electron chi connectivity index (χ2n) is 6.74. The molecule has 9 heteroatoms. The number of halogens is 1. The second-order valence-corrected chi connectivity index (χ2v) is 7.90. The van der Waals surface area contributed by atoms with Crippen LogP contribution in [0.2, 0.25) is 0 Å². The molecule has 0 saturated heterocycles. The molecule has 31 heavy (non-hydrogen) atoms. The number of amides is 2. The van der Waals surface area contributed by atoms with Crippen LogP contribution in [0.1, 0.15) is 17.5 Å². The van der Waals surface area contributed by atoms with Crippen LogP contribution in [0.4, 0.5) is 4.79 Å². The van der Waals surface area contributed by atoms with Crippen LogP contribution in [-0.2, 0) is 32.1 Å². The van der Waals surface area contributed by atoms with Crippen LogP contribution >= 0.6 is 22.6 Å². The lowest BCUT2D eigenvalue weighted by atomic mass is 10.1. The van der Waals surface area contributed by atoms with Gasteiger partial charge in [0, 0.05) is 16.5 Å². The van der Waals surface area contributed by atoms with Gasteiger partial charge >= 0.3 is 12.1 Å². The van der Waals surface area contributed by atoms with Crippen molar-refractivity contribution in [2.45, 2.75) is 31.6 Å². The Labute approximate surface area is 194 Å². The Kier molecular flexibility index (Phi) is 10.2. The molecule has 0 aromatic heterocycles. The Hall–Kier alpha value is -2.66. The van der Waals surface area contributed by atoms with Gasteiger partial charge in [-0.1, -0.05) is 48.5 Å². The maximum absolute atomic E-state index is 12.3. The van der Waals surface area contributed by atoms with E-state index in [0.717, 1.165) is 14.7 Å². The molecule has 0 aliphatic heterocycles. The standard InChI is InChI=1S/C22H25IN2O6/c1-30-21(28)19(11-16-9-5-6-10-18(16)23)25-20(27)12-17(26)13-24-22(29)31-14-15-7-3-2-4-8-15/h2-10,17,19,26H,11-14H2,1H3,(H,24,29)(H,25,27)/t17-,19-/m1/s1. The number of benzene rings is 2. The van der Waals surface area contributed by atoms with Crippen molar-refractivity contribution in [3.05, 3.63) is 69.3 Å². The largest absolute Gasteiger partial charge is 0.467 e. The van der Waals surface area contributed by atoms with Crippen LogP contribution in [0, 0.1) is 3.57 Å². The third-order valence-electron chi connectivity index (χ3n) is 4.32. The molecule has 0 aliphatic rings. The monoisotopic (exact) mass is 540 g/mol. The van der Waals surface area contributed by atoms with Crippen molar-refractivity contribution in [1.82, 2.24) is 10.6 Å². The fourth-order valence-electron chi connectivity index (χ4n) is 2.73. The topological polar surface area (TPSA) is 114 Å². The summed E-state index contributed by atoms with van der Waals surface area (Å²) < 4.78 is 10.8. The molecule has 2 amide bonds. The lowest BCUT2D eigenvalue weighted by molar-refractivity contribution is -0.145. The number of carbonyl (C=O) groups is 3. The molecule has 0 unspecified atom stereocenters. The minimum Gasteiger partial charge on any atom is -0.467 e. The highest BCUT2D eigenvalue weighted by molar-refractivity contribution is 14.1. The molecule has 0 heterocycles. The van der Waals surface area contributed by atoms with Crippen LogP contribution < -0.4 is 10.6 Å². The summed E-state index contributed by atoms with van der Waals surface area (Å²) >= 11 is 2.15. The number of nitrogens with one attached hydrogen (secondary N) is 2. The van der Waals surface area contributed by atoms with E-state index in [2.05, 4.69) is 33.2 Å². The molecule has 166 valence electrons. The van der Waals surface area contributed by atoms with Gasteiger partial charge in [-0.05, 0) is 39.8 Å². The van der Waals surface area contributed by atoms with E-state index in [0.29, 0.717) is 0 Å². The molecular weight excluding hydrogens is 515 g/mol. The molecule has 0 aliphatic carbocycles. The summed E-state index contributed by atoms with van der Waals surface area (Å²) in [6.45, 7) is -0.0666. The zero-order valence-corrected chi connectivity index (χ0v) is 19.2. The third-order valence-corrected chi connectivity index (χ3v) is 5.37. The quantitative estimate of drug-likeness (QED) is 0.315. The number of alkyl carbamates (subject to hydrolysis) is 1. The molecule has 0 spiro atoms. The summed E-state index contributed by atoms with van der Waals surface area (Å²) in [6.07, 6.45) is -1.87. The van der Waals surface area contributed by atoms with E-state index >= 15 is 0 Å². The summed E-state index contributed by atoms with van der Waals surface area (Å²) in [5, 5.41) is 15.0. The molecule has 0 saturated carbocycles. The molecule has 3 N–H and O–H groups in total. The highest BCUT2D eigenvalue weighted by Gasteiger charge is 2.24. The molecule has 0 bridgehead atoms. The van der Waals surface area contributed by atoms with E-state index in [1.54, 1.807) is 0 Å². The van der Waals surface area contributed by atoms with Gasteiger partial charge in [-0.25, -0.2) is 9.59 Å². The summed E-state index contributed by atoms with van der Waals surface area (Å²) in [5.74, 6) is -1.11. The average molecular weight is 540 g/mol. The van der Waals surface area contributed by atoms with Gasteiger partial charge in [0.05, 0.1) is 19.6 Å². The van der Waals surface area contributed by atoms with Crippen LogP contribution in [0.5, 0.6) is 0 Å². The van der Waals surface area contributed by atoms with Crippen LogP contribution in [0.25, 0.3) is 0 Å². The van der Waals surface area contributed by atoms with Gasteiger partial charge in [-0.15, -0.1) is 0 Å². The maximum Gasteiger partial charge on any atom is 0.407 e. The van der Waals surface area contributed by atoms with Crippen molar-refractivity contribution in [2.24, 2.45) is 0 Å². The number of rotatable bonds is 10. The van der Waals surface area contributed by atoms with Crippen LogP contribution in [-0.4, -0.2) is 48.9 Å². The lowest BCUT2D eigenvalue weighted by Gasteiger charge is -2.18. The fourth-order valence-corrected chi connectivity index (χ4v) is 3.34. The van der Waals surface area contributed by atoms with E-state index in [4.69, 9.17) is 9.47 Å². The van der Waals surface area contributed by atoms with E-state index in [1.165, 1.54) is 7.11 Å². The highest BCUT2D eigenvalue weighted by atomic mass is 127. The zero-order chi connectivity index (χ0) is 22.6. The fraction of sp³-hybridized carbons (Fsp3) is 0.318. The molecule has 8 nitrogen and oxygen atoms in total. The normalized spacial score (nSPS) is 12.4. The highest BCUT2D eigenvalue weighted by Crippen LogP contribution is 2.14. The van der Waals surface area contributed by atoms with Crippen molar-refractivity contribution in [2.75, 3.05) is 13.7 Å². The van der Waals surface area contributed by atoms with Crippen LogP contribution in [0.15, 0.2) is 54.6 Å². The Balaban J connectivity index is 1.78. The lowest BCUT2D eigenvalue weighted by Crippen LogP contribution is -2.45. The number of aliphatic hydroxyl groups is 1. The summed E-state index contributed by atoms with van der Waals surface area (Å²) in [5.41, 5.74) is 1.72. The number of esters is 1. The first-order valence-corrected chi connectivity index (χ1v) is 10.7. The van der Waals surface area contributed by atoms with Gasteiger partial charge < -0.3 is 25.2 Å². The molecule has 2 atom stereocenters. The number of aliphatic hydroxyl groups excluding tert-OH is 1. The van der Waals surface area contributed by atoms with Gasteiger partial charge in [0.25, 0.3) is 0 Å². The molecule has 2 aromatic carbocycles. The number of methoxy groups -OCH3 is 1. The van der Waals surface area contributed by atoms with Crippen molar-refractivity contribution >= 4 is 40.6 Å². The first-order valence-electron chi connectivity index (χ1n) is 9.62. The second kappa shape index (κ2) is 12.9. The SMILES string of the molecule is COC(=O)[C@@H](Cc1ccccc1I)NC(=O)C[C@@H](O)CNC(=O)OCc1ccccc1. The van der Waals surface area contributed by atoms with Crippen molar-refractivity contribution < 1.29 is 29.0 Å². The predicted octanol–water partition coefficient (Wildman–Crippen LogP) is 2.17. The van der Waals surface area contributed by atoms with Gasteiger partial charge in [0.1, 0.15) is 12.6 Å². The summed E-state index contributed by atoms with van der Waals surface area (Å²) in [4.78, 5) is 36.1. The smallest absolute Gasteiger partial charge is 0.407 e. The van der Waals surface area contributed by atoms with E-state index in [1.807, 2.05) is 54.6 Å². The number of carbonyl (C=O) groups excluding carboxylic acids is 3. The van der Waals surface area contributed by atoms with Gasteiger partial charge in [-0.2, -0.15) is 0 Å². The summed E-state index contributed by atoms with van der Waals surface area (Å²) in [6, 6.07) is 15.8. The average Bonchev–Trinajstić information content (AvgIpc) is 2.77. The van der Waals surface area contributed by atoms with Gasteiger partial charge in [0.15, 0.2) is 0 Å². The molecule has 0 fully saturated rings. The number of hydrogen-bond acceptors (Lipinski definition) is 6. The van der Waals surface area contributed by atoms with E-state index in [-0.39, 0.29) is 26.0 Å². The number of ether oxygens (including phenoxy) is 2. The molecule has 2 rings (SSSR count). The predicted molar refractivity (Wildman–Crippen MR) is 122 cm³/mol. The molecular formula is C22H25IN2O6. The number of hydrogen-bond donors (Lipinski definition) is 3. The van der Waals surface area contributed by atoms with Crippen LogP contribution in [0.3, 0.4) is 0 Å².